The fraction of sp³-hybridized carbons (Fsp3) is 0.524. The summed E-state index contributed by atoms with van der Waals surface area (Å²) in [4.78, 5) is 50.2. The molecule has 0 aromatic heterocycles. The highest BCUT2D eigenvalue weighted by molar-refractivity contribution is 6.51. The first kappa shape index (κ1) is 20.8. The van der Waals surface area contributed by atoms with Gasteiger partial charge in [-0.2, -0.15) is 0 Å². The van der Waals surface area contributed by atoms with Crippen LogP contribution in [0.4, 0.5) is 0 Å². The maximum absolute atomic E-state index is 13.0. The Labute approximate surface area is 159 Å². The maximum atomic E-state index is 13.0. The minimum atomic E-state index is -0.980. The zero-order valence-corrected chi connectivity index (χ0v) is 16.5. The van der Waals surface area contributed by atoms with Gasteiger partial charge in [-0.3, -0.25) is 19.2 Å². The zero-order chi connectivity index (χ0) is 20.7. The average Bonchev–Trinajstić information content (AvgIpc) is 2.58. The molecule has 2 rings (SSSR count). The van der Waals surface area contributed by atoms with Crippen molar-refractivity contribution in [1.29, 1.82) is 0 Å². The smallest absolute Gasteiger partial charge is 0.305 e. The van der Waals surface area contributed by atoms with E-state index in [-0.39, 0.29) is 41.8 Å². The van der Waals surface area contributed by atoms with E-state index in [0.29, 0.717) is 5.57 Å². The molecule has 6 heteroatoms. The van der Waals surface area contributed by atoms with Gasteiger partial charge in [-0.05, 0) is 25.2 Å². The monoisotopic (exact) mass is 374 g/mol. The molecular formula is C21H26O6. The third-order valence-electron chi connectivity index (χ3n) is 5.68. The van der Waals surface area contributed by atoms with Gasteiger partial charge in [-0.1, -0.05) is 32.9 Å². The molecule has 0 saturated heterocycles. The average molecular weight is 374 g/mol. The maximum Gasteiger partial charge on any atom is 0.305 e. The number of hydrogen-bond donors (Lipinski definition) is 1. The normalized spacial score (nSPS) is 25.9. The molecule has 146 valence electrons. The fourth-order valence-corrected chi connectivity index (χ4v) is 4.23. The summed E-state index contributed by atoms with van der Waals surface area (Å²) in [5, 5.41) is 10.7. The molecule has 0 aromatic carbocycles. The summed E-state index contributed by atoms with van der Waals surface area (Å²) in [7, 11) is 1.27. The molecular weight excluding hydrogens is 348 g/mol. The molecule has 0 aromatic rings. The summed E-state index contributed by atoms with van der Waals surface area (Å²) < 4.78 is 4.70. The van der Waals surface area contributed by atoms with Crippen molar-refractivity contribution in [3.8, 4) is 0 Å². The van der Waals surface area contributed by atoms with E-state index in [1.807, 2.05) is 0 Å². The summed E-state index contributed by atoms with van der Waals surface area (Å²) in [6.07, 6.45) is 0.278. The summed E-state index contributed by atoms with van der Waals surface area (Å²) >= 11 is 0. The fourth-order valence-electron chi connectivity index (χ4n) is 4.23. The van der Waals surface area contributed by atoms with E-state index in [2.05, 4.69) is 6.58 Å². The van der Waals surface area contributed by atoms with Gasteiger partial charge in [0.2, 0.25) is 11.6 Å². The number of allylic oxidation sites excluding steroid dienone is 4. The lowest BCUT2D eigenvalue weighted by Crippen LogP contribution is -2.46. The van der Waals surface area contributed by atoms with E-state index < -0.39 is 40.5 Å². The Bertz CT molecular complexity index is 811. The van der Waals surface area contributed by atoms with Crippen LogP contribution in [0.15, 0.2) is 34.6 Å². The predicted molar refractivity (Wildman–Crippen MR) is 98.8 cm³/mol. The van der Waals surface area contributed by atoms with Crippen LogP contribution >= 0.6 is 0 Å². The topological polar surface area (TPSA) is 97.7 Å². The van der Waals surface area contributed by atoms with Crippen molar-refractivity contribution in [2.24, 2.45) is 17.3 Å². The number of aliphatic hydroxyl groups is 1. The minimum absolute atomic E-state index is 0.00236. The second-order valence-corrected chi connectivity index (χ2v) is 7.85. The first-order valence-corrected chi connectivity index (χ1v) is 9.00. The van der Waals surface area contributed by atoms with Crippen molar-refractivity contribution in [2.75, 3.05) is 7.11 Å². The summed E-state index contributed by atoms with van der Waals surface area (Å²) in [6, 6.07) is 0. The first-order valence-electron chi connectivity index (χ1n) is 9.00. The van der Waals surface area contributed by atoms with Gasteiger partial charge in [0, 0.05) is 29.4 Å². The molecule has 2 atom stereocenters. The van der Waals surface area contributed by atoms with Crippen molar-refractivity contribution in [3.63, 3.8) is 0 Å². The number of esters is 1. The molecule has 1 N–H and O–H groups in total. The van der Waals surface area contributed by atoms with Crippen LogP contribution < -0.4 is 0 Å². The standard InChI is InChI=1S/C21H26O6/c1-10(2)12-9-13(22)16-17(21(12,5)8-7-14(23)27-6)20(26)19(25)15(11(3)4)18(16)24/h11-12,24H,1,7-9H2,2-6H3. The Morgan fingerprint density at radius 3 is 2.37 bits per heavy atom. The van der Waals surface area contributed by atoms with Gasteiger partial charge in [0.05, 0.1) is 12.7 Å². The summed E-state index contributed by atoms with van der Waals surface area (Å²) in [5.74, 6) is -3.63. The van der Waals surface area contributed by atoms with E-state index in [9.17, 15) is 24.3 Å². The molecule has 2 aliphatic rings. The lowest BCUT2D eigenvalue weighted by molar-refractivity contribution is -0.141. The molecule has 0 bridgehead atoms. The van der Waals surface area contributed by atoms with Crippen LogP contribution in [-0.2, 0) is 23.9 Å². The molecule has 0 fully saturated rings. The van der Waals surface area contributed by atoms with Crippen LogP contribution in [0.1, 0.15) is 47.0 Å². The minimum Gasteiger partial charge on any atom is -0.507 e. The zero-order valence-electron chi connectivity index (χ0n) is 16.5. The van der Waals surface area contributed by atoms with Crippen molar-refractivity contribution in [2.45, 2.75) is 47.0 Å². The number of carbonyl (C=O) groups is 4. The number of ether oxygens (including phenoxy) is 1. The predicted octanol–water partition coefficient (Wildman–Crippen LogP) is 3.03. The van der Waals surface area contributed by atoms with Crippen LogP contribution in [0.25, 0.3) is 0 Å². The van der Waals surface area contributed by atoms with E-state index >= 15 is 0 Å². The molecule has 0 spiro atoms. The number of rotatable bonds is 5. The number of carbonyl (C=O) groups excluding carboxylic acids is 4. The van der Waals surface area contributed by atoms with Crippen LogP contribution in [0.3, 0.4) is 0 Å². The Morgan fingerprint density at radius 2 is 1.89 bits per heavy atom. The van der Waals surface area contributed by atoms with Crippen molar-refractivity contribution in [1.82, 2.24) is 0 Å². The summed E-state index contributed by atoms with van der Waals surface area (Å²) in [6.45, 7) is 10.8. The highest BCUT2D eigenvalue weighted by Gasteiger charge is 2.53. The molecule has 2 unspecified atom stereocenters. The van der Waals surface area contributed by atoms with E-state index in [0.717, 1.165) is 0 Å². The molecule has 0 aliphatic heterocycles. The molecule has 27 heavy (non-hydrogen) atoms. The summed E-state index contributed by atoms with van der Waals surface area (Å²) in [5.41, 5.74) is -0.403. The molecule has 0 amide bonds. The Kier molecular flexibility index (Phi) is 5.59. The second-order valence-electron chi connectivity index (χ2n) is 7.85. The molecule has 0 saturated carbocycles. The number of ketones is 3. The second kappa shape index (κ2) is 7.25. The van der Waals surface area contributed by atoms with E-state index in [4.69, 9.17) is 4.74 Å². The van der Waals surface area contributed by atoms with E-state index in [1.54, 1.807) is 27.7 Å². The lowest BCUT2D eigenvalue weighted by Gasteiger charge is -2.45. The Morgan fingerprint density at radius 1 is 1.30 bits per heavy atom. The van der Waals surface area contributed by atoms with Crippen molar-refractivity contribution < 1.29 is 29.0 Å². The Hall–Kier alpha value is -2.50. The van der Waals surface area contributed by atoms with Crippen LogP contribution in [-0.4, -0.2) is 35.5 Å². The highest BCUT2D eigenvalue weighted by Crippen LogP contribution is 2.52. The largest absolute Gasteiger partial charge is 0.507 e. The first-order chi connectivity index (χ1) is 12.5. The van der Waals surface area contributed by atoms with Gasteiger partial charge in [0.25, 0.3) is 0 Å². The van der Waals surface area contributed by atoms with Gasteiger partial charge >= 0.3 is 5.97 Å². The van der Waals surface area contributed by atoms with Gasteiger partial charge in [-0.25, -0.2) is 0 Å². The molecule has 6 nitrogen and oxygen atoms in total. The quantitative estimate of drug-likeness (QED) is 0.344. The van der Waals surface area contributed by atoms with Crippen molar-refractivity contribution >= 4 is 23.3 Å². The highest BCUT2D eigenvalue weighted by atomic mass is 16.5. The lowest BCUT2D eigenvalue weighted by atomic mass is 9.57. The van der Waals surface area contributed by atoms with Crippen molar-refractivity contribution in [3.05, 3.63) is 34.6 Å². The van der Waals surface area contributed by atoms with Crippen LogP contribution in [0.5, 0.6) is 0 Å². The molecule has 0 heterocycles. The van der Waals surface area contributed by atoms with Gasteiger partial charge in [0.15, 0.2) is 5.78 Å². The number of methoxy groups -OCH3 is 1. The van der Waals surface area contributed by atoms with Gasteiger partial charge in [0.1, 0.15) is 5.76 Å². The van der Waals surface area contributed by atoms with Gasteiger partial charge < -0.3 is 9.84 Å². The number of Topliss-reactive ketones (excluding diaryl/α,β-unsaturated/α-hetero) is 3. The molecule has 2 aliphatic carbocycles. The SMILES string of the molecule is C=C(C)C1CC(=O)C2=C(C(=O)C(=O)C(C(C)C)=C2O)C1(C)CCC(=O)OC. The van der Waals surface area contributed by atoms with Gasteiger partial charge in [-0.15, -0.1) is 0 Å². The third-order valence-corrected chi connectivity index (χ3v) is 5.68. The van der Waals surface area contributed by atoms with E-state index in [1.165, 1.54) is 7.11 Å². The Balaban J connectivity index is 2.75. The third kappa shape index (κ3) is 3.29. The molecule has 0 radical (unpaired) electrons. The number of hydrogen-bond acceptors (Lipinski definition) is 6. The number of aliphatic hydroxyl groups excluding tert-OH is 1. The van der Waals surface area contributed by atoms with Crippen LogP contribution in [0, 0.1) is 17.3 Å². The van der Waals surface area contributed by atoms with Crippen LogP contribution in [0.2, 0.25) is 0 Å².